The van der Waals surface area contributed by atoms with Gasteiger partial charge in [0.05, 0.1) is 7.11 Å². The third-order valence-corrected chi connectivity index (χ3v) is 4.77. The summed E-state index contributed by atoms with van der Waals surface area (Å²) in [5.74, 6) is 1.24. The Labute approximate surface area is 167 Å². The number of rotatable bonds is 9. The van der Waals surface area contributed by atoms with Crippen LogP contribution in [0.3, 0.4) is 0 Å². The lowest BCUT2D eigenvalue weighted by atomic mass is 10.1. The summed E-state index contributed by atoms with van der Waals surface area (Å²) in [7, 11) is 1.69. The highest BCUT2D eigenvalue weighted by molar-refractivity contribution is 5.29. The molecule has 0 aliphatic heterocycles. The average molecular weight is 381 g/mol. The Morgan fingerprint density at radius 1 is 1.00 bits per heavy atom. The minimum Gasteiger partial charge on any atom is -0.497 e. The lowest BCUT2D eigenvalue weighted by Gasteiger charge is -2.25. The molecule has 0 atom stereocenters. The van der Waals surface area contributed by atoms with E-state index < -0.39 is 0 Å². The van der Waals surface area contributed by atoms with E-state index in [1.165, 1.54) is 17.3 Å². The number of benzene rings is 2. The van der Waals surface area contributed by atoms with E-state index in [4.69, 9.17) is 4.74 Å². The molecule has 3 rings (SSSR count). The first-order chi connectivity index (χ1) is 13.5. The van der Waals surface area contributed by atoms with Crippen molar-refractivity contribution in [1.29, 1.82) is 0 Å². The molecule has 28 heavy (non-hydrogen) atoms. The van der Waals surface area contributed by atoms with Crippen molar-refractivity contribution in [3.8, 4) is 5.75 Å². The molecule has 4 heteroatoms. The predicted octanol–water partition coefficient (Wildman–Crippen LogP) is 5.34. The maximum atomic E-state index is 14.2. The molecular formula is C24H29FN2O. The van der Waals surface area contributed by atoms with E-state index in [9.17, 15) is 4.39 Å². The molecule has 0 bridgehead atoms. The van der Waals surface area contributed by atoms with Gasteiger partial charge in [0, 0.05) is 43.6 Å². The molecule has 0 radical (unpaired) electrons. The molecule has 0 aliphatic rings. The molecule has 148 valence electrons. The van der Waals surface area contributed by atoms with Crippen LogP contribution in [-0.4, -0.2) is 23.1 Å². The number of nitrogens with zero attached hydrogens (tertiary/aromatic N) is 2. The van der Waals surface area contributed by atoms with Crippen LogP contribution < -0.4 is 4.74 Å². The predicted molar refractivity (Wildman–Crippen MR) is 112 cm³/mol. The zero-order chi connectivity index (χ0) is 19.9. The van der Waals surface area contributed by atoms with Crippen molar-refractivity contribution in [1.82, 2.24) is 9.47 Å². The fraction of sp³-hybridized carbons (Fsp3) is 0.333. The maximum Gasteiger partial charge on any atom is 0.127 e. The second-order valence-electron chi connectivity index (χ2n) is 7.63. The van der Waals surface area contributed by atoms with Gasteiger partial charge in [0.15, 0.2) is 0 Å². The van der Waals surface area contributed by atoms with Crippen LogP contribution in [0, 0.1) is 11.7 Å². The number of halogens is 1. The first-order valence-electron chi connectivity index (χ1n) is 9.78. The fourth-order valence-corrected chi connectivity index (χ4v) is 3.51. The third kappa shape index (κ3) is 5.46. The molecule has 0 spiro atoms. The van der Waals surface area contributed by atoms with Crippen LogP contribution in [0.2, 0.25) is 0 Å². The van der Waals surface area contributed by atoms with Gasteiger partial charge in [0.1, 0.15) is 11.6 Å². The van der Waals surface area contributed by atoms with Crippen LogP contribution in [0.1, 0.15) is 30.7 Å². The van der Waals surface area contributed by atoms with Crippen molar-refractivity contribution >= 4 is 0 Å². The zero-order valence-corrected chi connectivity index (χ0v) is 16.9. The smallest absolute Gasteiger partial charge is 0.127 e. The van der Waals surface area contributed by atoms with Crippen LogP contribution in [-0.2, 0) is 19.6 Å². The first kappa shape index (κ1) is 20.2. The van der Waals surface area contributed by atoms with Crippen molar-refractivity contribution < 1.29 is 9.13 Å². The molecule has 0 unspecified atom stereocenters. The van der Waals surface area contributed by atoms with Crippen molar-refractivity contribution in [3.63, 3.8) is 0 Å². The van der Waals surface area contributed by atoms with E-state index in [1.807, 2.05) is 24.3 Å². The topological polar surface area (TPSA) is 17.4 Å². The number of aromatic nitrogens is 1. The van der Waals surface area contributed by atoms with Gasteiger partial charge in [0.2, 0.25) is 0 Å². The van der Waals surface area contributed by atoms with Crippen LogP contribution >= 0.6 is 0 Å². The summed E-state index contributed by atoms with van der Waals surface area (Å²) in [6.07, 6.45) is 2.10. The fourth-order valence-electron chi connectivity index (χ4n) is 3.51. The molecule has 0 saturated heterocycles. The van der Waals surface area contributed by atoms with Crippen LogP contribution in [0.25, 0.3) is 0 Å². The van der Waals surface area contributed by atoms with Crippen LogP contribution in [0.4, 0.5) is 4.39 Å². The van der Waals surface area contributed by atoms with E-state index >= 15 is 0 Å². The Balaban J connectivity index is 1.76. The van der Waals surface area contributed by atoms with Crippen molar-refractivity contribution in [2.24, 2.45) is 5.92 Å². The minimum atomic E-state index is -0.136. The number of methoxy groups -OCH3 is 1. The van der Waals surface area contributed by atoms with E-state index in [0.29, 0.717) is 12.5 Å². The second kappa shape index (κ2) is 9.56. The summed E-state index contributed by atoms with van der Waals surface area (Å²) in [4.78, 5) is 2.32. The van der Waals surface area contributed by atoms with Crippen LogP contribution in [0.15, 0.2) is 66.9 Å². The summed E-state index contributed by atoms with van der Waals surface area (Å²) in [5, 5.41) is 0. The maximum absolute atomic E-state index is 14.2. The summed E-state index contributed by atoms with van der Waals surface area (Å²) >= 11 is 0. The molecular weight excluding hydrogens is 351 g/mol. The number of hydrogen-bond donors (Lipinski definition) is 0. The van der Waals surface area contributed by atoms with Gasteiger partial charge in [0.25, 0.3) is 0 Å². The Morgan fingerprint density at radius 3 is 2.57 bits per heavy atom. The van der Waals surface area contributed by atoms with E-state index in [1.54, 1.807) is 13.2 Å². The van der Waals surface area contributed by atoms with Crippen molar-refractivity contribution in [2.75, 3.05) is 13.7 Å². The monoisotopic (exact) mass is 380 g/mol. The molecule has 3 aromatic rings. The quantitative estimate of drug-likeness (QED) is 0.498. The standard InChI is InChI=1S/C24H29FN2O/c1-19(2)15-26(17-21-9-4-5-12-24(21)25)18-22-10-7-13-27(22)16-20-8-6-11-23(14-20)28-3/h4-14,19H,15-18H2,1-3H3. The Bertz CT molecular complexity index is 888. The Morgan fingerprint density at radius 2 is 1.82 bits per heavy atom. The van der Waals surface area contributed by atoms with Crippen LogP contribution in [0.5, 0.6) is 5.75 Å². The zero-order valence-electron chi connectivity index (χ0n) is 16.9. The average Bonchev–Trinajstić information content (AvgIpc) is 3.10. The summed E-state index contributed by atoms with van der Waals surface area (Å²) in [5.41, 5.74) is 3.16. The highest BCUT2D eigenvalue weighted by Gasteiger charge is 2.14. The van der Waals surface area contributed by atoms with Crippen molar-refractivity contribution in [2.45, 2.75) is 33.5 Å². The van der Waals surface area contributed by atoms with E-state index in [-0.39, 0.29) is 5.82 Å². The first-order valence-corrected chi connectivity index (χ1v) is 9.78. The van der Waals surface area contributed by atoms with Gasteiger partial charge in [-0.15, -0.1) is 0 Å². The largest absolute Gasteiger partial charge is 0.497 e. The molecule has 2 aromatic carbocycles. The molecule has 1 heterocycles. The molecule has 1 aromatic heterocycles. The van der Waals surface area contributed by atoms with E-state index in [2.05, 4.69) is 53.8 Å². The molecule has 3 nitrogen and oxygen atoms in total. The second-order valence-corrected chi connectivity index (χ2v) is 7.63. The van der Waals surface area contributed by atoms with E-state index in [0.717, 1.165) is 30.9 Å². The molecule has 0 N–H and O–H groups in total. The number of ether oxygens (including phenoxy) is 1. The lowest BCUT2D eigenvalue weighted by Crippen LogP contribution is -2.28. The Kier molecular flexibility index (Phi) is 6.88. The third-order valence-electron chi connectivity index (χ3n) is 4.77. The highest BCUT2D eigenvalue weighted by Crippen LogP contribution is 2.18. The Hall–Kier alpha value is -2.59. The van der Waals surface area contributed by atoms with Gasteiger partial charge in [-0.05, 0) is 41.8 Å². The van der Waals surface area contributed by atoms with Gasteiger partial charge in [-0.25, -0.2) is 4.39 Å². The van der Waals surface area contributed by atoms with Gasteiger partial charge in [-0.3, -0.25) is 4.90 Å². The summed E-state index contributed by atoms with van der Waals surface area (Å²) < 4.78 is 21.8. The minimum absolute atomic E-state index is 0.136. The van der Waals surface area contributed by atoms with Crippen molar-refractivity contribution in [3.05, 3.63) is 89.5 Å². The summed E-state index contributed by atoms with van der Waals surface area (Å²) in [6.45, 7) is 7.49. The highest BCUT2D eigenvalue weighted by atomic mass is 19.1. The van der Waals surface area contributed by atoms with Gasteiger partial charge in [-0.1, -0.05) is 44.2 Å². The summed E-state index contributed by atoms with van der Waals surface area (Å²) in [6, 6.07) is 19.4. The molecule has 0 fully saturated rings. The normalized spacial score (nSPS) is 11.4. The molecule has 0 aliphatic carbocycles. The van der Waals surface area contributed by atoms with Gasteiger partial charge < -0.3 is 9.30 Å². The molecule has 0 amide bonds. The molecule has 0 saturated carbocycles. The SMILES string of the molecule is COc1cccc(Cn2cccc2CN(Cc2ccccc2F)CC(C)C)c1. The van der Waals surface area contributed by atoms with Gasteiger partial charge >= 0.3 is 0 Å². The van der Waals surface area contributed by atoms with Gasteiger partial charge in [-0.2, -0.15) is 0 Å². The lowest BCUT2D eigenvalue weighted by molar-refractivity contribution is 0.220. The number of hydrogen-bond acceptors (Lipinski definition) is 2.